The van der Waals surface area contributed by atoms with Gasteiger partial charge in [-0.25, -0.2) is 4.98 Å². The minimum Gasteiger partial charge on any atom is -0.370 e. The van der Waals surface area contributed by atoms with Gasteiger partial charge in [-0.2, -0.15) is 0 Å². The van der Waals surface area contributed by atoms with Crippen LogP contribution in [0.4, 0.5) is 5.82 Å². The molecule has 20 heavy (non-hydrogen) atoms. The Bertz CT molecular complexity index is 430. The Kier molecular flexibility index (Phi) is 5.39. The van der Waals surface area contributed by atoms with Crippen LogP contribution in [-0.2, 0) is 0 Å². The molecule has 0 spiro atoms. The Labute approximate surface area is 121 Å². The summed E-state index contributed by atoms with van der Waals surface area (Å²) in [4.78, 5) is 16.5. The van der Waals surface area contributed by atoms with Crippen molar-refractivity contribution in [3.05, 3.63) is 23.9 Å². The molecular formula is C16H25N3O. The van der Waals surface area contributed by atoms with Crippen LogP contribution in [0.15, 0.2) is 18.3 Å². The maximum atomic E-state index is 12.3. The van der Waals surface area contributed by atoms with E-state index < -0.39 is 0 Å². The van der Waals surface area contributed by atoms with Crippen LogP contribution in [0, 0.1) is 5.92 Å². The van der Waals surface area contributed by atoms with E-state index in [0.717, 1.165) is 25.2 Å². The van der Waals surface area contributed by atoms with Crippen molar-refractivity contribution >= 4 is 11.7 Å². The first-order valence-electron chi connectivity index (χ1n) is 7.75. The standard InChI is InChI=1S/C16H25N3O/c1-3-12-7-5-6-8-14(12)19-16(20)13-9-10-15(17-4-2)18-11-13/h9-12,14H,3-8H2,1-2H3,(H,17,18)(H,19,20). The predicted octanol–water partition coefficient (Wildman–Crippen LogP) is 3.21. The average molecular weight is 275 g/mol. The molecule has 0 saturated heterocycles. The smallest absolute Gasteiger partial charge is 0.253 e. The lowest BCUT2D eigenvalue weighted by molar-refractivity contribution is 0.0904. The van der Waals surface area contributed by atoms with Crippen molar-refractivity contribution in [3.63, 3.8) is 0 Å². The first-order valence-corrected chi connectivity index (χ1v) is 7.75. The van der Waals surface area contributed by atoms with Crippen LogP contribution in [-0.4, -0.2) is 23.5 Å². The maximum Gasteiger partial charge on any atom is 0.253 e. The summed E-state index contributed by atoms with van der Waals surface area (Å²) in [5.74, 6) is 1.45. The molecule has 1 aliphatic rings. The zero-order valence-corrected chi connectivity index (χ0v) is 12.5. The molecule has 4 heteroatoms. The van der Waals surface area contributed by atoms with E-state index in [9.17, 15) is 4.79 Å². The second-order valence-corrected chi connectivity index (χ2v) is 5.50. The Hall–Kier alpha value is -1.58. The fraction of sp³-hybridized carbons (Fsp3) is 0.625. The molecule has 1 heterocycles. The van der Waals surface area contributed by atoms with E-state index in [2.05, 4.69) is 22.5 Å². The number of hydrogen-bond donors (Lipinski definition) is 2. The maximum absolute atomic E-state index is 12.3. The zero-order valence-electron chi connectivity index (χ0n) is 12.5. The number of hydrogen-bond acceptors (Lipinski definition) is 3. The zero-order chi connectivity index (χ0) is 14.4. The minimum atomic E-state index is 0.00546. The first-order chi connectivity index (χ1) is 9.74. The fourth-order valence-corrected chi connectivity index (χ4v) is 2.95. The summed E-state index contributed by atoms with van der Waals surface area (Å²) in [7, 11) is 0. The predicted molar refractivity (Wildman–Crippen MR) is 81.9 cm³/mol. The van der Waals surface area contributed by atoms with Crippen LogP contribution in [0.3, 0.4) is 0 Å². The molecule has 2 N–H and O–H groups in total. The normalized spacial score (nSPS) is 22.3. The van der Waals surface area contributed by atoms with Crippen molar-refractivity contribution in [1.82, 2.24) is 10.3 Å². The second kappa shape index (κ2) is 7.27. The first kappa shape index (κ1) is 14.8. The van der Waals surface area contributed by atoms with E-state index in [1.54, 1.807) is 6.20 Å². The van der Waals surface area contributed by atoms with Gasteiger partial charge in [0.1, 0.15) is 5.82 Å². The summed E-state index contributed by atoms with van der Waals surface area (Å²) in [5, 5.41) is 6.32. The molecule has 110 valence electrons. The molecule has 1 aromatic rings. The highest BCUT2D eigenvalue weighted by Crippen LogP contribution is 2.27. The molecule has 1 saturated carbocycles. The van der Waals surface area contributed by atoms with Gasteiger partial charge in [0.2, 0.25) is 0 Å². The quantitative estimate of drug-likeness (QED) is 0.867. The topological polar surface area (TPSA) is 54.0 Å². The molecule has 4 nitrogen and oxygen atoms in total. The molecule has 1 aromatic heterocycles. The third-order valence-electron chi connectivity index (χ3n) is 4.13. The molecule has 1 fully saturated rings. The lowest BCUT2D eigenvalue weighted by atomic mass is 9.83. The molecule has 0 bridgehead atoms. The summed E-state index contributed by atoms with van der Waals surface area (Å²) in [6.07, 6.45) is 7.65. The molecule has 2 unspecified atom stereocenters. The van der Waals surface area contributed by atoms with E-state index in [1.165, 1.54) is 19.3 Å². The lowest BCUT2D eigenvalue weighted by Gasteiger charge is -2.31. The summed E-state index contributed by atoms with van der Waals surface area (Å²) in [6.45, 7) is 5.07. The Morgan fingerprint density at radius 1 is 1.30 bits per heavy atom. The van der Waals surface area contributed by atoms with Gasteiger partial charge in [0.15, 0.2) is 0 Å². The summed E-state index contributed by atoms with van der Waals surface area (Å²) < 4.78 is 0. The van der Waals surface area contributed by atoms with Crippen molar-refractivity contribution in [1.29, 1.82) is 0 Å². The van der Waals surface area contributed by atoms with Crippen molar-refractivity contribution in [2.45, 2.75) is 52.0 Å². The van der Waals surface area contributed by atoms with Gasteiger partial charge in [0.25, 0.3) is 5.91 Å². The molecule has 2 atom stereocenters. The molecule has 1 aliphatic carbocycles. The van der Waals surface area contributed by atoms with Gasteiger partial charge in [-0.05, 0) is 37.8 Å². The van der Waals surface area contributed by atoms with Crippen LogP contribution >= 0.6 is 0 Å². The third kappa shape index (κ3) is 3.71. The van der Waals surface area contributed by atoms with E-state index in [-0.39, 0.29) is 5.91 Å². The molecule has 2 rings (SSSR count). The van der Waals surface area contributed by atoms with Crippen LogP contribution in [0.1, 0.15) is 56.3 Å². The highest BCUT2D eigenvalue weighted by molar-refractivity contribution is 5.94. The minimum absolute atomic E-state index is 0.00546. The van der Waals surface area contributed by atoms with Crippen LogP contribution in [0.2, 0.25) is 0 Å². The third-order valence-corrected chi connectivity index (χ3v) is 4.13. The monoisotopic (exact) mass is 275 g/mol. The summed E-state index contributed by atoms with van der Waals surface area (Å²) in [5.41, 5.74) is 0.645. The molecule has 0 aromatic carbocycles. The number of aromatic nitrogens is 1. The van der Waals surface area contributed by atoms with Crippen molar-refractivity contribution < 1.29 is 4.79 Å². The van der Waals surface area contributed by atoms with Crippen LogP contribution in [0.25, 0.3) is 0 Å². The van der Waals surface area contributed by atoms with Gasteiger partial charge in [0, 0.05) is 18.8 Å². The number of carbonyl (C=O) groups is 1. The Morgan fingerprint density at radius 3 is 2.75 bits per heavy atom. The number of rotatable bonds is 5. The summed E-state index contributed by atoms with van der Waals surface area (Å²) >= 11 is 0. The highest BCUT2D eigenvalue weighted by atomic mass is 16.1. The van der Waals surface area contributed by atoms with E-state index in [0.29, 0.717) is 17.5 Å². The van der Waals surface area contributed by atoms with Gasteiger partial charge in [0.05, 0.1) is 5.56 Å². The van der Waals surface area contributed by atoms with Gasteiger partial charge < -0.3 is 10.6 Å². The van der Waals surface area contributed by atoms with Crippen LogP contribution in [0.5, 0.6) is 0 Å². The molecular weight excluding hydrogens is 250 g/mol. The Balaban J connectivity index is 1.96. The van der Waals surface area contributed by atoms with E-state index in [1.807, 2.05) is 19.1 Å². The highest BCUT2D eigenvalue weighted by Gasteiger charge is 2.25. The van der Waals surface area contributed by atoms with Gasteiger partial charge in [-0.3, -0.25) is 4.79 Å². The molecule has 0 radical (unpaired) electrons. The second-order valence-electron chi connectivity index (χ2n) is 5.50. The average Bonchev–Trinajstić information content (AvgIpc) is 2.49. The Morgan fingerprint density at radius 2 is 2.10 bits per heavy atom. The van der Waals surface area contributed by atoms with E-state index in [4.69, 9.17) is 0 Å². The van der Waals surface area contributed by atoms with Crippen molar-refractivity contribution in [2.75, 3.05) is 11.9 Å². The SMILES string of the molecule is CCNc1ccc(C(=O)NC2CCCCC2CC)cn1. The lowest BCUT2D eigenvalue weighted by Crippen LogP contribution is -2.41. The number of pyridine rings is 1. The largest absolute Gasteiger partial charge is 0.370 e. The van der Waals surface area contributed by atoms with Gasteiger partial charge >= 0.3 is 0 Å². The summed E-state index contributed by atoms with van der Waals surface area (Å²) in [6, 6.07) is 4.02. The van der Waals surface area contributed by atoms with Crippen molar-refractivity contribution in [3.8, 4) is 0 Å². The molecule has 1 amide bonds. The number of nitrogens with zero attached hydrogens (tertiary/aromatic N) is 1. The number of nitrogens with one attached hydrogen (secondary N) is 2. The number of anilines is 1. The molecule has 0 aliphatic heterocycles. The van der Waals surface area contributed by atoms with Crippen molar-refractivity contribution in [2.24, 2.45) is 5.92 Å². The number of carbonyl (C=O) groups excluding carboxylic acids is 1. The van der Waals surface area contributed by atoms with Gasteiger partial charge in [-0.15, -0.1) is 0 Å². The van der Waals surface area contributed by atoms with Gasteiger partial charge in [-0.1, -0.05) is 26.2 Å². The number of amides is 1. The fourth-order valence-electron chi connectivity index (χ4n) is 2.95. The van der Waals surface area contributed by atoms with E-state index >= 15 is 0 Å². The van der Waals surface area contributed by atoms with Crippen LogP contribution < -0.4 is 10.6 Å².